The molecule has 0 aliphatic heterocycles. The highest BCUT2D eigenvalue weighted by Crippen LogP contribution is 2.44. The lowest BCUT2D eigenvalue weighted by Gasteiger charge is -2.21. The van der Waals surface area contributed by atoms with Gasteiger partial charge in [0, 0.05) is 18.9 Å². The molecule has 3 heteroatoms. The number of carbonyl (C=O) groups excluding carboxylic acids is 1. The fraction of sp³-hybridized carbons (Fsp3) is 0.889. The molecule has 2 N–H and O–H groups in total. The molecule has 1 amide bonds. The van der Waals surface area contributed by atoms with Crippen LogP contribution in [0.2, 0.25) is 0 Å². The Balaban J connectivity index is 1.99. The molecule has 2 saturated carbocycles. The smallest absolute Gasteiger partial charge is 0.217 e. The van der Waals surface area contributed by atoms with Gasteiger partial charge in [-0.1, -0.05) is 0 Å². The second-order valence-electron chi connectivity index (χ2n) is 4.03. The quantitative estimate of drug-likeness (QED) is 0.592. The predicted octanol–water partition coefficient (Wildman–Crippen LogP) is 0.282. The van der Waals surface area contributed by atoms with Gasteiger partial charge in [-0.05, 0) is 25.2 Å². The summed E-state index contributed by atoms with van der Waals surface area (Å²) in [4.78, 5) is 10.8. The van der Waals surface area contributed by atoms with E-state index in [9.17, 15) is 9.90 Å². The summed E-state index contributed by atoms with van der Waals surface area (Å²) in [6.07, 6.45) is 3.05. The Morgan fingerprint density at radius 1 is 1.50 bits per heavy atom. The maximum atomic E-state index is 10.8. The fourth-order valence-electron chi connectivity index (χ4n) is 2.72. The van der Waals surface area contributed by atoms with E-state index in [1.807, 2.05) is 0 Å². The number of hydrogen-bond acceptors (Lipinski definition) is 2. The van der Waals surface area contributed by atoms with E-state index in [4.69, 9.17) is 0 Å². The monoisotopic (exact) mass is 169 g/mol. The molecule has 0 radical (unpaired) electrons. The first kappa shape index (κ1) is 8.05. The van der Waals surface area contributed by atoms with E-state index in [0.29, 0.717) is 11.8 Å². The number of hydrogen-bond donors (Lipinski definition) is 2. The summed E-state index contributed by atoms with van der Waals surface area (Å²) >= 11 is 0. The third kappa shape index (κ3) is 1.12. The van der Waals surface area contributed by atoms with Crippen LogP contribution in [0.3, 0.4) is 0 Å². The standard InChI is InChI=1S/C9H15NO2/c1-5(11)10-8-4-6-2-3-7(8)9(6)12/h6-9,12H,2-4H2,1H3,(H,10,11). The summed E-state index contributed by atoms with van der Waals surface area (Å²) in [6, 6.07) is 0.247. The number of nitrogens with one attached hydrogen (secondary N) is 1. The van der Waals surface area contributed by atoms with Crippen molar-refractivity contribution in [2.45, 2.75) is 38.3 Å². The van der Waals surface area contributed by atoms with Crippen molar-refractivity contribution in [2.24, 2.45) is 11.8 Å². The highest BCUT2D eigenvalue weighted by atomic mass is 16.3. The Morgan fingerprint density at radius 2 is 2.25 bits per heavy atom. The number of fused-ring (bicyclic) bond motifs is 2. The van der Waals surface area contributed by atoms with E-state index in [2.05, 4.69) is 5.32 Å². The molecule has 0 aromatic rings. The zero-order chi connectivity index (χ0) is 8.72. The highest BCUT2D eigenvalue weighted by molar-refractivity contribution is 5.73. The summed E-state index contributed by atoms with van der Waals surface area (Å²) < 4.78 is 0. The predicted molar refractivity (Wildman–Crippen MR) is 44.4 cm³/mol. The molecule has 3 nitrogen and oxygen atoms in total. The van der Waals surface area contributed by atoms with Crippen molar-refractivity contribution < 1.29 is 9.90 Å². The lowest BCUT2D eigenvalue weighted by atomic mass is 9.95. The Hall–Kier alpha value is -0.570. The normalized spacial score (nSPS) is 44.8. The maximum Gasteiger partial charge on any atom is 0.217 e. The lowest BCUT2D eigenvalue weighted by Crippen LogP contribution is -2.38. The van der Waals surface area contributed by atoms with Gasteiger partial charge in [0.2, 0.25) is 5.91 Å². The SMILES string of the molecule is CC(=O)NC1CC2CCC1C2O. The van der Waals surface area contributed by atoms with E-state index >= 15 is 0 Å². The van der Waals surface area contributed by atoms with Crippen molar-refractivity contribution >= 4 is 5.91 Å². The van der Waals surface area contributed by atoms with E-state index < -0.39 is 0 Å². The molecule has 0 heterocycles. The fourth-order valence-corrected chi connectivity index (χ4v) is 2.72. The Morgan fingerprint density at radius 3 is 2.67 bits per heavy atom. The van der Waals surface area contributed by atoms with Crippen molar-refractivity contribution in [1.29, 1.82) is 0 Å². The van der Waals surface area contributed by atoms with E-state index in [-0.39, 0.29) is 18.1 Å². The van der Waals surface area contributed by atoms with Crippen LogP contribution in [0.5, 0.6) is 0 Å². The molecule has 2 rings (SSSR count). The molecule has 2 aliphatic rings. The van der Waals surface area contributed by atoms with Crippen LogP contribution >= 0.6 is 0 Å². The number of carbonyl (C=O) groups is 1. The summed E-state index contributed by atoms with van der Waals surface area (Å²) in [5.74, 6) is 0.811. The minimum atomic E-state index is -0.151. The van der Waals surface area contributed by atoms with Crippen LogP contribution in [-0.2, 0) is 4.79 Å². The summed E-state index contributed by atoms with van der Waals surface area (Å²) in [5, 5.41) is 12.6. The zero-order valence-corrected chi connectivity index (χ0v) is 7.29. The molecule has 0 aromatic heterocycles. The van der Waals surface area contributed by atoms with Gasteiger partial charge >= 0.3 is 0 Å². The molecule has 4 unspecified atom stereocenters. The van der Waals surface area contributed by atoms with Gasteiger partial charge in [-0.25, -0.2) is 0 Å². The molecular formula is C9H15NO2. The topological polar surface area (TPSA) is 49.3 Å². The van der Waals surface area contributed by atoms with Gasteiger partial charge in [0.05, 0.1) is 6.10 Å². The maximum absolute atomic E-state index is 10.8. The first-order valence-electron chi connectivity index (χ1n) is 4.63. The third-order valence-corrected chi connectivity index (χ3v) is 3.25. The van der Waals surface area contributed by atoms with E-state index in [0.717, 1.165) is 19.3 Å². The van der Waals surface area contributed by atoms with Crippen LogP contribution in [-0.4, -0.2) is 23.2 Å². The molecule has 0 spiro atoms. The van der Waals surface area contributed by atoms with Crippen LogP contribution in [0.15, 0.2) is 0 Å². The number of aliphatic hydroxyl groups excluding tert-OH is 1. The van der Waals surface area contributed by atoms with Crippen molar-refractivity contribution in [3.05, 3.63) is 0 Å². The van der Waals surface area contributed by atoms with Crippen LogP contribution in [0.25, 0.3) is 0 Å². The number of rotatable bonds is 1. The Kier molecular flexibility index (Phi) is 1.83. The molecule has 2 bridgehead atoms. The van der Waals surface area contributed by atoms with Gasteiger partial charge in [-0.15, -0.1) is 0 Å². The van der Waals surface area contributed by atoms with E-state index in [1.165, 1.54) is 0 Å². The molecule has 0 saturated heterocycles. The van der Waals surface area contributed by atoms with Crippen molar-refractivity contribution in [3.63, 3.8) is 0 Å². The molecule has 2 aliphatic carbocycles. The Labute approximate surface area is 72.2 Å². The van der Waals surface area contributed by atoms with Crippen LogP contribution in [0.4, 0.5) is 0 Å². The van der Waals surface area contributed by atoms with Gasteiger partial charge in [0.25, 0.3) is 0 Å². The van der Waals surface area contributed by atoms with Crippen LogP contribution in [0, 0.1) is 11.8 Å². The summed E-state index contributed by atoms with van der Waals surface area (Å²) in [5.41, 5.74) is 0. The number of aliphatic hydroxyl groups is 1. The first-order valence-corrected chi connectivity index (χ1v) is 4.63. The number of amides is 1. The Bertz CT molecular complexity index is 205. The third-order valence-electron chi connectivity index (χ3n) is 3.25. The summed E-state index contributed by atoms with van der Waals surface area (Å²) in [7, 11) is 0. The van der Waals surface area contributed by atoms with Gasteiger partial charge in [-0.2, -0.15) is 0 Å². The van der Waals surface area contributed by atoms with Gasteiger partial charge < -0.3 is 10.4 Å². The zero-order valence-electron chi connectivity index (χ0n) is 7.29. The minimum Gasteiger partial charge on any atom is -0.392 e. The average molecular weight is 169 g/mol. The van der Waals surface area contributed by atoms with Gasteiger partial charge in [-0.3, -0.25) is 4.79 Å². The van der Waals surface area contributed by atoms with Crippen molar-refractivity contribution in [2.75, 3.05) is 0 Å². The molecule has 4 atom stereocenters. The van der Waals surface area contributed by atoms with Crippen molar-refractivity contribution in [3.8, 4) is 0 Å². The first-order chi connectivity index (χ1) is 5.68. The highest BCUT2D eigenvalue weighted by Gasteiger charge is 2.47. The minimum absolute atomic E-state index is 0.0275. The second kappa shape index (κ2) is 2.73. The van der Waals surface area contributed by atoms with Crippen molar-refractivity contribution in [1.82, 2.24) is 5.32 Å². The van der Waals surface area contributed by atoms with Gasteiger partial charge in [0.15, 0.2) is 0 Å². The molecule has 12 heavy (non-hydrogen) atoms. The molecule has 2 fully saturated rings. The largest absolute Gasteiger partial charge is 0.392 e. The van der Waals surface area contributed by atoms with Gasteiger partial charge in [0.1, 0.15) is 0 Å². The lowest BCUT2D eigenvalue weighted by molar-refractivity contribution is -0.120. The molecule has 0 aromatic carbocycles. The van der Waals surface area contributed by atoms with E-state index in [1.54, 1.807) is 6.92 Å². The molecular weight excluding hydrogens is 154 g/mol. The summed E-state index contributed by atoms with van der Waals surface area (Å²) in [6.45, 7) is 1.54. The average Bonchev–Trinajstić information content (AvgIpc) is 2.44. The second-order valence-corrected chi connectivity index (χ2v) is 4.03. The van der Waals surface area contributed by atoms with Crippen LogP contribution < -0.4 is 5.32 Å². The van der Waals surface area contributed by atoms with Crippen LogP contribution in [0.1, 0.15) is 26.2 Å². The molecule has 68 valence electrons.